The van der Waals surface area contributed by atoms with E-state index in [4.69, 9.17) is 9.47 Å². The van der Waals surface area contributed by atoms with Gasteiger partial charge in [-0.2, -0.15) is 0 Å². The Kier molecular flexibility index (Phi) is 3.93. The quantitative estimate of drug-likeness (QED) is 0.852. The molecule has 2 rings (SSSR count). The van der Waals surface area contributed by atoms with Gasteiger partial charge in [-0.3, -0.25) is 0 Å². The molecule has 1 aliphatic rings. The van der Waals surface area contributed by atoms with Gasteiger partial charge in [0.2, 0.25) is 0 Å². The molecule has 0 aliphatic carbocycles. The van der Waals surface area contributed by atoms with E-state index in [1.807, 2.05) is 37.3 Å². The lowest BCUT2D eigenvalue weighted by atomic mass is 10.1. The lowest BCUT2D eigenvalue weighted by Gasteiger charge is -2.32. The molecule has 3 heteroatoms. The molecule has 1 aliphatic heterocycles. The zero-order chi connectivity index (χ0) is 11.4. The van der Waals surface area contributed by atoms with Crippen molar-refractivity contribution >= 4 is 0 Å². The van der Waals surface area contributed by atoms with E-state index in [1.54, 1.807) is 0 Å². The molecule has 88 valence electrons. The van der Waals surface area contributed by atoms with Gasteiger partial charge in [0, 0.05) is 5.56 Å². The normalized spacial score (nSPS) is 27.6. The van der Waals surface area contributed by atoms with Crippen molar-refractivity contribution in [3.8, 4) is 0 Å². The van der Waals surface area contributed by atoms with Crippen LogP contribution in [0.25, 0.3) is 0 Å². The largest absolute Gasteiger partial charge is 0.390 e. The second-order valence-corrected chi connectivity index (χ2v) is 4.05. The molecule has 3 atom stereocenters. The molecule has 0 saturated carbocycles. The van der Waals surface area contributed by atoms with Crippen molar-refractivity contribution in [3.63, 3.8) is 0 Å². The van der Waals surface area contributed by atoms with Gasteiger partial charge >= 0.3 is 0 Å². The van der Waals surface area contributed by atoms with Crippen LogP contribution >= 0.6 is 0 Å². The predicted molar refractivity (Wildman–Crippen MR) is 60.9 cm³/mol. The van der Waals surface area contributed by atoms with Crippen LogP contribution in [0, 0.1) is 0 Å². The van der Waals surface area contributed by atoms with Crippen molar-refractivity contribution in [3.05, 3.63) is 35.9 Å². The average molecular weight is 222 g/mol. The Labute approximate surface area is 96.0 Å². The second-order valence-electron chi connectivity index (χ2n) is 4.05. The van der Waals surface area contributed by atoms with E-state index in [0.717, 1.165) is 12.0 Å². The Morgan fingerprint density at radius 3 is 2.81 bits per heavy atom. The molecule has 1 saturated heterocycles. The van der Waals surface area contributed by atoms with E-state index in [9.17, 15) is 5.11 Å². The number of benzene rings is 1. The maximum Gasteiger partial charge on any atom is 0.184 e. The number of hydrogen-bond donors (Lipinski definition) is 1. The lowest BCUT2D eigenvalue weighted by molar-refractivity contribution is -0.237. The van der Waals surface area contributed by atoms with Gasteiger partial charge in [0.25, 0.3) is 0 Å². The minimum Gasteiger partial charge on any atom is -0.390 e. The van der Waals surface area contributed by atoms with Gasteiger partial charge in [-0.15, -0.1) is 0 Å². The molecule has 0 bridgehead atoms. The molecular weight excluding hydrogens is 204 g/mol. The predicted octanol–water partition coefficient (Wildman–Crippen LogP) is 2.26. The van der Waals surface area contributed by atoms with Crippen LogP contribution in [0.5, 0.6) is 0 Å². The highest BCUT2D eigenvalue weighted by molar-refractivity contribution is 5.16. The summed E-state index contributed by atoms with van der Waals surface area (Å²) in [6, 6.07) is 9.84. The van der Waals surface area contributed by atoms with Crippen LogP contribution in [-0.2, 0) is 9.47 Å². The topological polar surface area (TPSA) is 38.7 Å². The molecule has 0 amide bonds. The van der Waals surface area contributed by atoms with Crippen molar-refractivity contribution in [2.45, 2.75) is 38.3 Å². The number of aliphatic hydroxyl groups is 1. The van der Waals surface area contributed by atoms with Gasteiger partial charge in [-0.1, -0.05) is 37.3 Å². The molecular formula is C13H18O3. The van der Waals surface area contributed by atoms with E-state index in [0.29, 0.717) is 13.0 Å². The molecule has 0 spiro atoms. The third-order valence-electron chi connectivity index (χ3n) is 2.89. The highest BCUT2D eigenvalue weighted by Gasteiger charge is 2.28. The first-order valence-corrected chi connectivity index (χ1v) is 5.81. The summed E-state index contributed by atoms with van der Waals surface area (Å²) in [6.07, 6.45) is 0.644. The molecule has 0 aromatic heterocycles. The third kappa shape index (κ3) is 2.61. The summed E-state index contributed by atoms with van der Waals surface area (Å²) < 4.78 is 11.3. The number of rotatable bonds is 3. The fraction of sp³-hybridized carbons (Fsp3) is 0.538. The third-order valence-corrected chi connectivity index (χ3v) is 2.89. The molecule has 1 aromatic rings. The Morgan fingerprint density at radius 1 is 1.38 bits per heavy atom. The standard InChI is InChI=1S/C13H18O3/c1-2-11(14)12-8-9-15-13(16-12)10-6-4-3-5-7-10/h3-7,11-14H,2,8-9H2,1H3/t11-,12+,13+/m0/s1. The minimum absolute atomic E-state index is 0.107. The van der Waals surface area contributed by atoms with Gasteiger partial charge in [0.05, 0.1) is 18.8 Å². The number of aliphatic hydroxyl groups excluding tert-OH is 1. The van der Waals surface area contributed by atoms with Gasteiger partial charge in [-0.05, 0) is 12.8 Å². The maximum atomic E-state index is 9.77. The zero-order valence-corrected chi connectivity index (χ0v) is 9.50. The van der Waals surface area contributed by atoms with Crippen LogP contribution in [0.4, 0.5) is 0 Å². The molecule has 1 heterocycles. The number of hydrogen-bond acceptors (Lipinski definition) is 3. The Bertz CT molecular complexity index is 312. The SMILES string of the molecule is CC[C@H](O)[C@H]1CCO[C@@H](c2ccccc2)O1. The first-order chi connectivity index (χ1) is 7.81. The van der Waals surface area contributed by atoms with Crippen molar-refractivity contribution in [1.29, 1.82) is 0 Å². The summed E-state index contributed by atoms with van der Waals surface area (Å²) >= 11 is 0. The second kappa shape index (κ2) is 5.43. The zero-order valence-electron chi connectivity index (χ0n) is 9.50. The average Bonchev–Trinajstić information content (AvgIpc) is 2.39. The summed E-state index contributed by atoms with van der Waals surface area (Å²) in [6.45, 7) is 2.60. The van der Waals surface area contributed by atoms with Gasteiger partial charge in [0.15, 0.2) is 6.29 Å². The molecule has 1 N–H and O–H groups in total. The Balaban J connectivity index is 2.02. The van der Waals surface area contributed by atoms with E-state index in [1.165, 1.54) is 0 Å². The van der Waals surface area contributed by atoms with Crippen LogP contribution < -0.4 is 0 Å². The summed E-state index contributed by atoms with van der Waals surface area (Å²) in [5.41, 5.74) is 1.01. The van der Waals surface area contributed by atoms with Crippen LogP contribution in [-0.4, -0.2) is 23.9 Å². The lowest BCUT2D eigenvalue weighted by Crippen LogP contribution is -2.35. The molecule has 3 nitrogen and oxygen atoms in total. The van der Waals surface area contributed by atoms with Crippen molar-refractivity contribution in [1.82, 2.24) is 0 Å². The number of ether oxygens (including phenoxy) is 2. The monoisotopic (exact) mass is 222 g/mol. The summed E-state index contributed by atoms with van der Waals surface area (Å²) in [5.74, 6) is 0. The Hall–Kier alpha value is -0.900. The van der Waals surface area contributed by atoms with E-state index < -0.39 is 6.10 Å². The van der Waals surface area contributed by atoms with Gasteiger partial charge < -0.3 is 14.6 Å². The van der Waals surface area contributed by atoms with Gasteiger partial charge in [-0.25, -0.2) is 0 Å². The summed E-state index contributed by atoms with van der Waals surface area (Å²) in [5, 5.41) is 9.77. The molecule has 16 heavy (non-hydrogen) atoms. The van der Waals surface area contributed by atoms with Crippen LogP contribution in [0.1, 0.15) is 31.6 Å². The van der Waals surface area contributed by atoms with Gasteiger partial charge in [0.1, 0.15) is 0 Å². The first-order valence-electron chi connectivity index (χ1n) is 5.81. The first kappa shape index (κ1) is 11.6. The van der Waals surface area contributed by atoms with E-state index >= 15 is 0 Å². The fourth-order valence-electron chi connectivity index (χ4n) is 1.89. The van der Waals surface area contributed by atoms with Crippen LogP contribution in [0.3, 0.4) is 0 Å². The fourth-order valence-corrected chi connectivity index (χ4v) is 1.89. The maximum absolute atomic E-state index is 9.77. The highest BCUT2D eigenvalue weighted by Crippen LogP contribution is 2.27. The molecule has 1 fully saturated rings. The minimum atomic E-state index is -0.393. The summed E-state index contributed by atoms with van der Waals surface area (Å²) in [7, 11) is 0. The van der Waals surface area contributed by atoms with E-state index in [-0.39, 0.29) is 12.4 Å². The van der Waals surface area contributed by atoms with E-state index in [2.05, 4.69) is 0 Å². The molecule has 1 aromatic carbocycles. The molecule has 0 unspecified atom stereocenters. The van der Waals surface area contributed by atoms with Crippen LogP contribution in [0.15, 0.2) is 30.3 Å². The summed E-state index contributed by atoms with van der Waals surface area (Å²) in [4.78, 5) is 0. The van der Waals surface area contributed by atoms with Crippen molar-refractivity contribution < 1.29 is 14.6 Å². The molecule has 0 radical (unpaired) electrons. The van der Waals surface area contributed by atoms with Crippen LogP contribution in [0.2, 0.25) is 0 Å². The van der Waals surface area contributed by atoms with Crippen molar-refractivity contribution in [2.75, 3.05) is 6.61 Å². The Morgan fingerprint density at radius 2 is 2.12 bits per heavy atom. The van der Waals surface area contributed by atoms with Crippen molar-refractivity contribution in [2.24, 2.45) is 0 Å². The smallest absolute Gasteiger partial charge is 0.184 e. The highest BCUT2D eigenvalue weighted by atomic mass is 16.7.